The smallest absolute Gasteiger partial charge is 0.310 e. The van der Waals surface area contributed by atoms with Crippen molar-refractivity contribution in [2.45, 2.75) is 45.2 Å². The summed E-state index contributed by atoms with van der Waals surface area (Å²) in [7, 11) is 0. The second-order valence-corrected chi connectivity index (χ2v) is 5.19. The van der Waals surface area contributed by atoms with Gasteiger partial charge in [0.05, 0.1) is 19.1 Å². The minimum atomic E-state index is -0.711. The highest BCUT2D eigenvalue weighted by molar-refractivity contribution is 5.71. The second-order valence-electron chi connectivity index (χ2n) is 5.19. The second kappa shape index (κ2) is 5.36. The van der Waals surface area contributed by atoms with Gasteiger partial charge >= 0.3 is 5.97 Å². The van der Waals surface area contributed by atoms with Gasteiger partial charge in [0, 0.05) is 12.1 Å². The summed E-state index contributed by atoms with van der Waals surface area (Å²) in [5.74, 6) is -0.269. The Hall–Kier alpha value is -0.610. The minimum absolute atomic E-state index is 0.0723. The van der Waals surface area contributed by atoms with Gasteiger partial charge in [0.2, 0.25) is 0 Å². The summed E-state index contributed by atoms with van der Waals surface area (Å²) in [5, 5.41) is 9.23. The average molecular weight is 241 g/mol. The molecule has 1 heterocycles. The van der Waals surface area contributed by atoms with Crippen molar-refractivity contribution >= 4 is 5.97 Å². The molecule has 0 aromatic carbocycles. The summed E-state index contributed by atoms with van der Waals surface area (Å²) < 4.78 is 5.39. The summed E-state index contributed by atoms with van der Waals surface area (Å²) in [6.07, 6.45) is 3.72. The van der Waals surface area contributed by atoms with Crippen LogP contribution in [0.4, 0.5) is 0 Å². The zero-order valence-corrected chi connectivity index (χ0v) is 10.8. The fourth-order valence-corrected chi connectivity index (χ4v) is 3.14. The van der Waals surface area contributed by atoms with Crippen molar-refractivity contribution < 1.29 is 14.6 Å². The molecule has 0 aromatic rings. The minimum Gasteiger partial charge on any atom is -0.481 e. The summed E-state index contributed by atoms with van der Waals surface area (Å²) >= 11 is 0. The lowest BCUT2D eigenvalue weighted by Gasteiger charge is -2.36. The van der Waals surface area contributed by atoms with Crippen LogP contribution in [0, 0.1) is 11.8 Å². The third-order valence-corrected chi connectivity index (χ3v) is 4.17. The Bertz CT molecular complexity index is 278. The normalized spacial score (nSPS) is 30.8. The average Bonchev–Trinajstić information content (AvgIpc) is 3.02. The number of likely N-dealkylation sites (N-methyl/N-ethyl adjacent to an activating group) is 1. The van der Waals surface area contributed by atoms with Crippen molar-refractivity contribution in [3.63, 3.8) is 0 Å². The van der Waals surface area contributed by atoms with Crippen molar-refractivity contribution in [1.82, 2.24) is 4.90 Å². The third kappa shape index (κ3) is 2.63. The van der Waals surface area contributed by atoms with Gasteiger partial charge in [-0.15, -0.1) is 0 Å². The molecule has 3 unspecified atom stereocenters. The molecule has 4 heteroatoms. The van der Waals surface area contributed by atoms with Crippen LogP contribution in [0.5, 0.6) is 0 Å². The molecule has 1 saturated carbocycles. The molecule has 1 aliphatic heterocycles. The van der Waals surface area contributed by atoms with Gasteiger partial charge in [-0.25, -0.2) is 0 Å². The van der Waals surface area contributed by atoms with Gasteiger partial charge in [-0.05, 0) is 31.7 Å². The first-order chi connectivity index (χ1) is 8.19. The number of nitrogens with zero attached hydrogens (tertiary/aromatic N) is 1. The highest BCUT2D eigenvalue weighted by atomic mass is 16.5. The fraction of sp³-hybridized carbons (Fsp3) is 0.923. The highest BCUT2D eigenvalue weighted by Crippen LogP contribution is 2.38. The van der Waals surface area contributed by atoms with Gasteiger partial charge in [-0.1, -0.05) is 13.8 Å². The molecule has 1 aliphatic carbocycles. The van der Waals surface area contributed by atoms with Gasteiger partial charge in [-0.2, -0.15) is 0 Å². The van der Waals surface area contributed by atoms with E-state index in [0.717, 1.165) is 18.9 Å². The standard InChI is InChI=1S/C13H23NO3/c1-3-11(9-5-6-9)14(4-2)12-8-17-7-10(12)13(15)16/h9-12H,3-8H2,1-2H3,(H,15,16). The van der Waals surface area contributed by atoms with Crippen molar-refractivity contribution in [3.05, 3.63) is 0 Å². The number of aliphatic carboxylic acids is 1. The molecule has 17 heavy (non-hydrogen) atoms. The van der Waals surface area contributed by atoms with Crippen molar-refractivity contribution in [2.75, 3.05) is 19.8 Å². The van der Waals surface area contributed by atoms with Crippen LogP contribution in [0.2, 0.25) is 0 Å². The van der Waals surface area contributed by atoms with Crippen molar-refractivity contribution in [2.24, 2.45) is 11.8 Å². The zero-order valence-electron chi connectivity index (χ0n) is 10.8. The number of rotatable bonds is 6. The van der Waals surface area contributed by atoms with Crippen LogP contribution in [-0.4, -0.2) is 47.8 Å². The Morgan fingerprint density at radius 3 is 2.59 bits per heavy atom. The number of hydrogen-bond donors (Lipinski definition) is 1. The van der Waals surface area contributed by atoms with E-state index in [1.54, 1.807) is 0 Å². The van der Waals surface area contributed by atoms with Crippen molar-refractivity contribution in [3.8, 4) is 0 Å². The maximum Gasteiger partial charge on any atom is 0.310 e. The molecule has 98 valence electrons. The number of ether oxygens (including phenoxy) is 1. The van der Waals surface area contributed by atoms with E-state index in [0.29, 0.717) is 19.3 Å². The predicted molar refractivity (Wildman–Crippen MR) is 64.9 cm³/mol. The summed E-state index contributed by atoms with van der Waals surface area (Å²) in [4.78, 5) is 13.6. The summed E-state index contributed by atoms with van der Waals surface area (Å²) in [6.45, 7) is 6.21. The fourth-order valence-electron chi connectivity index (χ4n) is 3.14. The molecule has 0 aromatic heterocycles. The molecule has 1 N–H and O–H groups in total. The number of hydrogen-bond acceptors (Lipinski definition) is 3. The monoisotopic (exact) mass is 241 g/mol. The summed E-state index contributed by atoms with van der Waals surface area (Å²) in [6, 6.07) is 0.622. The van der Waals surface area contributed by atoms with Crippen LogP contribution < -0.4 is 0 Å². The quantitative estimate of drug-likeness (QED) is 0.767. The van der Waals surface area contributed by atoms with Gasteiger partial charge in [-0.3, -0.25) is 9.69 Å². The van der Waals surface area contributed by atoms with Crippen LogP contribution in [0.3, 0.4) is 0 Å². The van der Waals surface area contributed by atoms with E-state index in [1.807, 2.05) is 0 Å². The Balaban J connectivity index is 2.07. The molecule has 4 nitrogen and oxygen atoms in total. The highest BCUT2D eigenvalue weighted by Gasteiger charge is 2.43. The van der Waals surface area contributed by atoms with E-state index in [2.05, 4.69) is 18.7 Å². The molecule has 2 aliphatic rings. The molecule has 0 amide bonds. The number of carboxylic acids is 1. The van der Waals surface area contributed by atoms with E-state index in [-0.39, 0.29) is 12.0 Å². The Labute approximate surface area is 103 Å². The van der Waals surface area contributed by atoms with Crippen LogP contribution >= 0.6 is 0 Å². The van der Waals surface area contributed by atoms with E-state index < -0.39 is 5.97 Å². The first kappa shape index (κ1) is 12.8. The van der Waals surface area contributed by atoms with Crippen molar-refractivity contribution in [1.29, 1.82) is 0 Å². The first-order valence-corrected chi connectivity index (χ1v) is 6.75. The maximum atomic E-state index is 11.2. The van der Waals surface area contributed by atoms with Gasteiger partial charge in [0.25, 0.3) is 0 Å². The van der Waals surface area contributed by atoms with E-state index in [4.69, 9.17) is 4.74 Å². The molecular formula is C13H23NO3. The number of carbonyl (C=O) groups is 1. The SMILES string of the molecule is CCC(C1CC1)N(CC)C1COCC1C(=O)O. The largest absolute Gasteiger partial charge is 0.481 e. The van der Waals surface area contributed by atoms with Gasteiger partial charge < -0.3 is 9.84 Å². The molecule has 0 spiro atoms. The number of carboxylic acid groups (broad SMARTS) is 1. The molecule has 1 saturated heterocycles. The lowest BCUT2D eigenvalue weighted by Crippen LogP contribution is -2.49. The first-order valence-electron chi connectivity index (χ1n) is 6.75. The maximum absolute atomic E-state index is 11.2. The van der Waals surface area contributed by atoms with Crippen LogP contribution in [0.1, 0.15) is 33.1 Å². The lowest BCUT2D eigenvalue weighted by molar-refractivity contribution is -0.143. The topological polar surface area (TPSA) is 49.8 Å². The molecule has 2 rings (SSSR count). The zero-order chi connectivity index (χ0) is 12.4. The lowest BCUT2D eigenvalue weighted by atomic mass is 9.98. The van der Waals surface area contributed by atoms with Gasteiger partial charge in [0.15, 0.2) is 0 Å². The Kier molecular flexibility index (Phi) is 4.05. The predicted octanol–water partition coefficient (Wildman–Crippen LogP) is 1.60. The van der Waals surface area contributed by atoms with Crippen LogP contribution in [0.15, 0.2) is 0 Å². The third-order valence-electron chi connectivity index (χ3n) is 4.17. The molecule has 2 fully saturated rings. The van der Waals surface area contributed by atoms with Crippen LogP contribution in [-0.2, 0) is 9.53 Å². The Morgan fingerprint density at radius 2 is 2.12 bits per heavy atom. The van der Waals surface area contributed by atoms with E-state index in [9.17, 15) is 9.90 Å². The molecule has 3 atom stereocenters. The van der Waals surface area contributed by atoms with E-state index >= 15 is 0 Å². The van der Waals surface area contributed by atoms with E-state index in [1.165, 1.54) is 12.8 Å². The molecular weight excluding hydrogens is 218 g/mol. The Morgan fingerprint density at radius 1 is 1.41 bits per heavy atom. The summed E-state index contributed by atoms with van der Waals surface area (Å²) in [5.41, 5.74) is 0. The molecule has 0 radical (unpaired) electrons. The van der Waals surface area contributed by atoms with Gasteiger partial charge in [0.1, 0.15) is 0 Å². The van der Waals surface area contributed by atoms with Crippen LogP contribution in [0.25, 0.3) is 0 Å². The molecule has 0 bridgehead atoms.